The number of ether oxygens (including phenoxy) is 1. The molecule has 0 spiro atoms. The van der Waals surface area contributed by atoms with E-state index in [0.717, 1.165) is 27.8 Å². The minimum absolute atomic E-state index is 0.104. The van der Waals surface area contributed by atoms with Crippen LogP contribution in [0.4, 0.5) is 0 Å². The maximum Gasteiger partial charge on any atom is 0.192 e. The lowest BCUT2D eigenvalue weighted by Crippen LogP contribution is -2.31. The summed E-state index contributed by atoms with van der Waals surface area (Å²) in [6, 6.07) is 4.11. The van der Waals surface area contributed by atoms with E-state index in [1.165, 1.54) is 0 Å². The smallest absolute Gasteiger partial charge is 0.192 e. The summed E-state index contributed by atoms with van der Waals surface area (Å²) in [5.74, 6) is 0.857. The highest BCUT2D eigenvalue weighted by Gasteiger charge is 2.26. The van der Waals surface area contributed by atoms with E-state index in [4.69, 9.17) is 4.74 Å². The van der Waals surface area contributed by atoms with Gasteiger partial charge in [0.05, 0.1) is 11.6 Å². The Morgan fingerprint density at radius 2 is 1.75 bits per heavy atom. The van der Waals surface area contributed by atoms with Crippen LogP contribution in [0.1, 0.15) is 44.9 Å². The number of aryl methyl sites for hydroxylation is 2. The molecule has 0 saturated heterocycles. The molecule has 3 heteroatoms. The SMILES string of the molecule is CC.Cc1ccc2c(=O)c(C)cn3c2c1OC(C)C3C. The zero-order valence-corrected chi connectivity index (χ0v) is 13.2. The second-order valence-corrected chi connectivity index (χ2v) is 5.22. The molecule has 108 valence electrons. The zero-order valence-electron chi connectivity index (χ0n) is 13.2. The van der Waals surface area contributed by atoms with Gasteiger partial charge in [0, 0.05) is 17.1 Å². The molecule has 1 aromatic carbocycles. The van der Waals surface area contributed by atoms with E-state index < -0.39 is 0 Å². The molecule has 2 atom stereocenters. The number of hydrogen-bond acceptors (Lipinski definition) is 2. The van der Waals surface area contributed by atoms with E-state index in [1.54, 1.807) is 0 Å². The Hall–Kier alpha value is -1.77. The minimum atomic E-state index is 0.104. The van der Waals surface area contributed by atoms with Crippen molar-refractivity contribution in [3.05, 3.63) is 39.7 Å². The van der Waals surface area contributed by atoms with Crippen LogP contribution in [0.3, 0.4) is 0 Å². The summed E-state index contributed by atoms with van der Waals surface area (Å²) in [5.41, 5.74) is 2.92. The predicted molar refractivity (Wildman–Crippen MR) is 83.8 cm³/mol. The van der Waals surface area contributed by atoms with Crippen molar-refractivity contribution in [2.45, 2.75) is 53.7 Å². The molecular weight excluding hydrogens is 250 g/mol. The number of rotatable bonds is 0. The van der Waals surface area contributed by atoms with Crippen LogP contribution in [0.2, 0.25) is 0 Å². The van der Waals surface area contributed by atoms with E-state index in [9.17, 15) is 4.79 Å². The lowest BCUT2D eigenvalue weighted by Gasteiger charge is -2.33. The normalized spacial score (nSPS) is 20.1. The monoisotopic (exact) mass is 273 g/mol. The van der Waals surface area contributed by atoms with Gasteiger partial charge in [0.1, 0.15) is 11.9 Å². The third-order valence-corrected chi connectivity index (χ3v) is 3.94. The molecule has 2 heterocycles. The van der Waals surface area contributed by atoms with Crippen LogP contribution in [-0.4, -0.2) is 10.7 Å². The molecule has 20 heavy (non-hydrogen) atoms. The highest BCUT2D eigenvalue weighted by atomic mass is 16.5. The van der Waals surface area contributed by atoms with Crippen LogP contribution in [0.25, 0.3) is 10.9 Å². The Morgan fingerprint density at radius 1 is 1.10 bits per heavy atom. The highest BCUT2D eigenvalue weighted by Crippen LogP contribution is 2.36. The summed E-state index contributed by atoms with van der Waals surface area (Å²) in [6.45, 7) is 12.1. The number of aromatic nitrogens is 1. The molecule has 0 saturated carbocycles. The van der Waals surface area contributed by atoms with Crippen molar-refractivity contribution in [1.82, 2.24) is 4.57 Å². The van der Waals surface area contributed by atoms with Gasteiger partial charge >= 0.3 is 0 Å². The highest BCUT2D eigenvalue weighted by molar-refractivity contribution is 5.87. The fourth-order valence-electron chi connectivity index (χ4n) is 2.64. The van der Waals surface area contributed by atoms with E-state index in [-0.39, 0.29) is 17.6 Å². The average molecular weight is 273 g/mol. The number of hydrogen-bond donors (Lipinski definition) is 0. The number of pyridine rings is 1. The van der Waals surface area contributed by atoms with Crippen LogP contribution < -0.4 is 10.2 Å². The average Bonchev–Trinajstić information content (AvgIpc) is 2.45. The summed E-state index contributed by atoms with van der Waals surface area (Å²) in [4.78, 5) is 12.2. The number of nitrogens with zero attached hydrogens (tertiary/aromatic N) is 1. The van der Waals surface area contributed by atoms with Gasteiger partial charge in [-0.05, 0) is 39.3 Å². The van der Waals surface area contributed by atoms with Gasteiger partial charge in [0.2, 0.25) is 0 Å². The van der Waals surface area contributed by atoms with E-state index >= 15 is 0 Å². The Labute approximate surface area is 120 Å². The van der Waals surface area contributed by atoms with Crippen LogP contribution >= 0.6 is 0 Å². The first kappa shape index (κ1) is 14.6. The molecule has 1 aliphatic heterocycles. The first-order chi connectivity index (χ1) is 9.50. The zero-order chi connectivity index (χ0) is 15.0. The van der Waals surface area contributed by atoms with Crippen molar-refractivity contribution in [3.8, 4) is 5.75 Å². The third-order valence-electron chi connectivity index (χ3n) is 3.94. The maximum atomic E-state index is 12.2. The summed E-state index contributed by atoms with van der Waals surface area (Å²) < 4.78 is 8.17. The summed E-state index contributed by atoms with van der Waals surface area (Å²) in [5, 5.41) is 0.759. The lowest BCUT2D eigenvalue weighted by atomic mass is 10.0. The standard InChI is InChI=1S/C15H17NO2.C2H6/c1-8-5-6-12-13-15(8)18-11(4)10(3)16(13)7-9(2)14(12)17;1-2/h5-7,10-11H,1-4H3;1-2H3. The predicted octanol–water partition coefficient (Wildman–Crippen LogP) is 3.99. The van der Waals surface area contributed by atoms with Crippen LogP contribution in [0.5, 0.6) is 5.75 Å². The molecule has 1 aromatic heterocycles. The fraction of sp³-hybridized carbons (Fsp3) is 0.471. The number of benzene rings is 1. The van der Waals surface area contributed by atoms with Crippen molar-refractivity contribution in [2.24, 2.45) is 0 Å². The summed E-state index contributed by atoms with van der Waals surface area (Å²) in [7, 11) is 0. The molecule has 0 amide bonds. The topological polar surface area (TPSA) is 31.2 Å². The van der Waals surface area contributed by atoms with Crippen molar-refractivity contribution in [2.75, 3.05) is 0 Å². The second-order valence-electron chi connectivity index (χ2n) is 5.22. The molecule has 3 rings (SSSR count). The first-order valence-electron chi connectivity index (χ1n) is 7.32. The van der Waals surface area contributed by atoms with Crippen molar-refractivity contribution >= 4 is 10.9 Å². The van der Waals surface area contributed by atoms with Crippen LogP contribution in [0, 0.1) is 13.8 Å². The quantitative estimate of drug-likeness (QED) is 0.727. The molecule has 0 fully saturated rings. The molecule has 1 aliphatic rings. The Balaban J connectivity index is 0.000000704. The van der Waals surface area contributed by atoms with Crippen molar-refractivity contribution in [1.29, 1.82) is 0 Å². The van der Waals surface area contributed by atoms with Gasteiger partial charge in [-0.25, -0.2) is 0 Å². The van der Waals surface area contributed by atoms with E-state index in [2.05, 4.69) is 18.4 Å². The molecule has 2 aromatic rings. The minimum Gasteiger partial charge on any atom is -0.486 e. The largest absolute Gasteiger partial charge is 0.486 e. The first-order valence-corrected chi connectivity index (χ1v) is 7.32. The van der Waals surface area contributed by atoms with Crippen LogP contribution in [0.15, 0.2) is 23.1 Å². The Kier molecular flexibility index (Phi) is 3.89. The maximum absolute atomic E-state index is 12.2. The van der Waals surface area contributed by atoms with Gasteiger partial charge < -0.3 is 9.30 Å². The Morgan fingerprint density at radius 3 is 2.40 bits per heavy atom. The molecule has 0 aliphatic carbocycles. The van der Waals surface area contributed by atoms with Crippen LogP contribution in [-0.2, 0) is 0 Å². The molecular formula is C17H23NO2. The van der Waals surface area contributed by atoms with Gasteiger partial charge in [-0.3, -0.25) is 4.79 Å². The van der Waals surface area contributed by atoms with Crippen molar-refractivity contribution < 1.29 is 4.74 Å². The van der Waals surface area contributed by atoms with Gasteiger partial charge in [-0.2, -0.15) is 0 Å². The lowest BCUT2D eigenvalue weighted by molar-refractivity contribution is 0.152. The summed E-state index contributed by atoms with van der Waals surface area (Å²) >= 11 is 0. The molecule has 0 bridgehead atoms. The van der Waals surface area contributed by atoms with Crippen molar-refractivity contribution in [3.63, 3.8) is 0 Å². The Bertz CT molecular complexity index is 700. The van der Waals surface area contributed by atoms with Gasteiger partial charge in [-0.1, -0.05) is 19.9 Å². The van der Waals surface area contributed by atoms with E-state index in [0.29, 0.717) is 0 Å². The summed E-state index contributed by atoms with van der Waals surface area (Å²) in [6.07, 6.45) is 2.07. The second kappa shape index (κ2) is 5.31. The third kappa shape index (κ3) is 2.01. The van der Waals surface area contributed by atoms with Gasteiger partial charge in [0.15, 0.2) is 5.43 Å². The van der Waals surface area contributed by atoms with Gasteiger partial charge in [0.25, 0.3) is 0 Å². The molecule has 0 N–H and O–H groups in total. The van der Waals surface area contributed by atoms with E-state index in [1.807, 2.05) is 46.0 Å². The fourth-order valence-corrected chi connectivity index (χ4v) is 2.64. The molecule has 3 nitrogen and oxygen atoms in total. The molecule has 0 radical (unpaired) electrons. The van der Waals surface area contributed by atoms with Gasteiger partial charge in [-0.15, -0.1) is 0 Å². The molecule has 2 unspecified atom stereocenters.